The van der Waals surface area contributed by atoms with E-state index in [1.165, 1.54) is 14.2 Å². The Labute approximate surface area is 216 Å². The first-order chi connectivity index (χ1) is 18.0. The Hall–Kier alpha value is -4.78. The van der Waals surface area contributed by atoms with Gasteiger partial charge in [-0.2, -0.15) is 0 Å². The predicted octanol–water partition coefficient (Wildman–Crippen LogP) is 6.10. The molecule has 37 heavy (non-hydrogen) atoms. The molecule has 0 unspecified atom stereocenters. The van der Waals surface area contributed by atoms with Gasteiger partial charge in [0.05, 0.1) is 14.2 Å². The molecule has 0 spiro atoms. The summed E-state index contributed by atoms with van der Waals surface area (Å²) in [6, 6.07) is 27.1. The third-order valence-electron chi connectivity index (χ3n) is 5.73. The average molecular weight is 497 g/mol. The molecule has 0 heterocycles. The quantitative estimate of drug-likeness (QED) is 0.293. The number of benzene rings is 4. The standard InChI is InChI=1S/C30H28N2O5/c1-20-12-14-24(18-26(20)32-30(34)23-13-15-27(35-2)28(17-23)36-3)31-29(33)22-10-7-11-25(16-22)37-19-21-8-5-4-6-9-21/h4-18H,19H2,1-3H3,(H,31,33)(H,32,34). The normalized spacial score (nSPS) is 10.4. The second kappa shape index (κ2) is 11.8. The first-order valence-corrected chi connectivity index (χ1v) is 11.7. The summed E-state index contributed by atoms with van der Waals surface area (Å²) in [5.74, 6) is 1.00. The van der Waals surface area contributed by atoms with Crippen molar-refractivity contribution in [3.63, 3.8) is 0 Å². The molecule has 0 aliphatic rings. The molecule has 0 atom stereocenters. The zero-order valence-electron chi connectivity index (χ0n) is 20.9. The number of hydrogen-bond donors (Lipinski definition) is 2. The fourth-order valence-electron chi connectivity index (χ4n) is 3.68. The Bertz CT molecular complexity index is 1400. The number of carbonyl (C=O) groups excluding carboxylic acids is 2. The summed E-state index contributed by atoms with van der Waals surface area (Å²) in [5.41, 5.74) is 3.90. The molecule has 0 saturated heterocycles. The lowest BCUT2D eigenvalue weighted by Crippen LogP contribution is -2.15. The molecule has 4 rings (SSSR count). The van der Waals surface area contributed by atoms with Crippen molar-refractivity contribution < 1.29 is 23.8 Å². The van der Waals surface area contributed by atoms with Gasteiger partial charge in [0.1, 0.15) is 12.4 Å². The summed E-state index contributed by atoms with van der Waals surface area (Å²) < 4.78 is 16.4. The minimum absolute atomic E-state index is 0.286. The molecule has 188 valence electrons. The molecule has 7 heteroatoms. The van der Waals surface area contributed by atoms with Gasteiger partial charge >= 0.3 is 0 Å². The molecule has 0 radical (unpaired) electrons. The van der Waals surface area contributed by atoms with Crippen LogP contribution in [0.25, 0.3) is 0 Å². The first-order valence-electron chi connectivity index (χ1n) is 11.7. The van der Waals surface area contributed by atoms with Gasteiger partial charge in [-0.15, -0.1) is 0 Å². The van der Waals surface area contributed by atoms with Crippen molar-refractivity contribution >= 4 is 23.2 Å². The Balaban J connectivity index is 1.44. The Kier molecular flexibility index (Phi) is 8.05. The number of aryl methyl sites for hydroxylation is 1. The van der Waals surface area contributed by atoms with Crippen LogP contribution in [0.3, 0.4) is 0 Å². The molecule has 2 N–H and O–H groups in total. The second-order valence-electron chi connectivity index (χ2n) is 8.31. The van der Waals surface area contributed by atoms with E-state index < -0.39 is 0 Å². The monoisotopic (exact) mass is 496 g/mol. The molecule has 0 fully saturated rings. The van der Waals surface area contributed by atoms with Crippen LogP contribution in [0.5, 0.6) is 17.2 Å². The van der Waals surface area contributed by atoms with Crippen LogP contribution in [0, 0.1) is 6.92 Å². The van der Waals surface area contributed by atoms with E-state index in [0.29, 0.717) is 46.4 Å². The predicted molar refractivity (Wildman–Crippen MR) is 144 cm³/mol. The topological polar surface area (TPSA) is 85.9 Å². The molecule has 0 aliphatic carbocycles. The molecule has 0 bridgehead atoms. The number of carbonyl (C=O) groups is 2. The summed E-state index contributed by atoms with van der Waals surface area (Å²) in [6.45, 7) is 2.29. The Morgan fingerprint density at radius 3 is 2.19 bits per heavy atom. The van der Waals surface area contributed by atoms with E-state index in [4.69, 9.17) is 14.2 Å². The third-order valence-corrected chi connectivity index (χ3v) is 5.73. The van der Waals surface area contributed by atoms with Crippen LogP contribution in [0.1, 0.15) is 31.8 Å². The van der Waals surface area contributed by atoms with E-state index >= 15 is 0 Å². The third kappa shape index (κ3) is 6.46. The second-order valence-corrected chi connectivity index (χ2v) is 8.31. The van der Waals surface area contributed by atoms with E-state index in [1.807, 2.05) is 49.4 Å². The minimum Gasteiger partial charge on any atom is -0.493 e. The van der Waals surface area contributed by atoms with Gasteiger partial charge in [0.2, 0.25) is 0 Å². The highest BCUT2D eigenvalue weighted by atomic mass is 16.5. The van der Waals surface area contributed by atoms with Gasteiger partial charge in [0, 0.05) is 22.5 Å². The van der Waals surface area contributed by atoms with Crippen molar-refractivity contribution in [3.8, 4) is 17.2 Å². The highest BCUT2D eigenvalue weighted by Crippen LogP contribution is 2.28. The largest absolute Gasteiger partial charge is 0.493 e. The Morgan fingerprint density at radius 2 is 1.43 bits per heavy atom. The van der Waals surface area contributed by atoms with E-state index in [0.717, 1.165) is 11.1 Å². The smallest absolute Gasteiger partial charge is 0.255 e. The molecule has 0 aliphatic heterocycles. The average Bonchev–Trinajstić information content (AvgIpc) is 2.94. The van der Waals surface area contributed by atoms with Gasteiger partial charge in [0.15, 0.2) is 11.5 Å². The van der Waals surface area contributed by atoms with E-state index in [-0.39, 0.29) is 11.8 Å². The van der Waals surface area contributed by atoms with Crippen molar-refractivity contribution in [3.05, 3.63) is 113 Å². The highest BCUT2D eigenvalue weighted by molar-refractivity contribution is 6.07. The maximum atomic E-state index is 12.9. The maximum absolute atomic E-state index is 12.9. The van der Waals surface area contributed by atoms with Crippen molar-refractivity contribution in [2.24, 2.45) is 0 Å². The molecule has 0 aromatic heterocycles. The molecule has 2 amide bonds. The van der Waals surface area contributed by atoms with Crippen LogP contribution < -0.4 is 24.8 Å². The fraction of sp³-hybridized carbons (Fsp3) is 0.133. The van der Waals surface area contributed by atoms with Crippen molar-refractivity contribution in [2.45, 2.75) is 13.5 Å². The lowest BCUT2D eigenvalue weighted by molar-refractivity contribution is 0.101. The zero-order chi connectivity index (χ0) is 26.2. The van der Waals surface area contributed by atoms with Crippen LogP contribution in [-0.2, 0) is 6.61 Å². The van der Waals surface area contributed by atoms with Crippen LogP contribution in [0.4, 0.5) is 11.4 Å². The lowest BCUT2D eigenvalue weighted by Gasteiger charge is -2.13. The van der Waals surface area contributed by atoms with Gasteiger partial charge in [0.25, 0.3) is 11.8 Å². The summed E-state index contributed by atoms with van der Waals surface area (Å²) in [4.78, 5) is 25.8. The van der Waals surface area contributed by atoms with Crippen molar-refractivity contribution in [2.75, 3.05) is 24.9 Å². The number of rotatable bonds is 9. The van der Waals surface area contributed by atoms with Gasteiger partial charge in [-0.25, -0.2) is 0 Å². The number of anilines is 2. The molecule has 0 saturated carbocycles. The first kappa shape index (κ1) is 25.3. The summed E-state index contributed by atoms with van der Waals surface area (Å²) in [6.07, 6.45) is 0. The molecule has 4 aromatic rings. The van der Waals surface area contributed by atoms with E-state index in [1.54, 1.807) is 48.5 Å². The number of hydrogen-bond acceptors (Lipinski definition) is 5. The van der Waals surface area contributed by atoms with Crippen molar-refractivity contribution in [1.82, 2.24) is 0 Å². The van der Waals surface area contributed by atoms with E-state index in [9.17, 15) is 9.59 Å². The molecule has 4 aromatic carbocycles. The minimum atomic E-state index is -0.309. The molecular formula is C30H28N2O5. The highest BCUT2D eigenvalue weighted by Gasteiger charge is 2.14. The molecular weight excluding hydrogens is 468 g/mol. The number of amides is 2. The van der Waals surface area contributed by atoms with Crippen molar-refractivity contribution in [1.29, 1.82) is 0 Å². The summed E-state index contributed by atoms with van der Waals surface area (Å²) >= 11 is 0. The Morgan fingerprint density at radius 1 is 0.703 bits per heavy atom. The zero-order valence-corrected chi connectivity index (χ0v) is 20.9. The lowest BCUT2D eigenvalue weighted by atomic mass is 10.1. The van der Waals surface area contributed by atoms with Crippen LogP contribution in [-0.4, -0.2) is 26.0 Å². The van der Waals surface area contributed by atoms with Crippen LogP contribution in [0.2, 0.25) is 0 Å². The van der Waals surface area contributed by atoms with Crippen LogP contribution >= 0.6 is 0 Å². The van der Waals surface area contributed by atoms with Gasteiger partial charge in [-0.1, -0.05) is 42.5 Å². The number of ether oxygens (including phenoxy) is 3. The van der Waals surface area contributed by atoms with Gasteiger partial charge < -0.3 is 24.8 Å². The summed E-state index contributed by atoms with van der Waals surface area (Å²) in [7, 11) is 3.05. The number of nitrogens with one attached hydrogen (secondary N) is 2. The maximum Gasteiger partial charge on any atom is 0.255 e. The van der Waals surface area contributed by atoms with Crippen LogP contribution in [0.15, 0.2) is 91.0 Å². The number of methoxy groups -OCH3 is 2. The van der Waals surface area contributed by atoms with Gasteiger partial charge in [-0.3, -0.25) is 9.59 Å². The van der Waals surface area contributed by atoms with E-state index in [2.05, 4.69) is 10.6 Å². The summed E-state index contributed by atoms with van der Waals surface area (Å²) in [5, 5.41) is 5.79. The SMILES string of the molecule is COc1ccc(C(=O)Nc2cc(NC(=O)c3cccc(OCc4ccccc4)c3)ccc2C)cc1OC. The molecule has 7 nitrogen and oxygen atoms in total. The fourth-order valence-corrected chi connectivity index (χ4v) is 3.68. The van der Waals surface area contributed by atoms with Gasteiger partial charge in [-0.05, 0) is 66.6 Å².